The Hall–Kier alpha value is -7.69. The standard InChI is InChI=1S/C71H68B2N2O2/c1-9-12-15-49-23-28-54(29-24-49)74-62-32-20-46(6)36-58(62)72-60-42-61-67(43-66(60)76-68-40-52(38-64(74)70(68)72)56-34-44(4)18-21-47(56)7)77-69-41-53(57-35-45(5)19-22-48(57)8)39-65-71(69)73(61)59-37-51(17-14-11-3)27-33-63(59)75(65)55-30-25-50(26-31-55)16-13-10-2/h18-43H,9-17H2,1-8H3. The Kier molecular flexibility index (Phi) is 12.5. The van der Waals surface area contributed by atoms with Crippen LogP contribution in [-0.4, -0.2) is 13.4 Å². The maximum atomic E-state index is 7.48. The van der Waals surface area contributed by atoms with Crippen LogP contribution in [0.3, 0.4) is 0 Å². The minimum Gasteiger partial charge on any atom is -0.458 e. The Morgan fingerprint density at radius 3 is 1.25 bits per heavy atom. The molecule has 9 aromatic carbocycles. The number of aryl methyl sites for hydroxylation is 8. The van der Waals surface area contributed by atoms with Crippen LogP contribution in [0.1, 0.15) is 104 Å². The fraction of sp³-hybridized carbons (Fsp3) is 0.239. The van der Waals surface area contributed by atoms with Crippen LogP contribution in [0, 0.1) is 34.6 Å². The van der Waals surface area contributed by atoms with Gasteiger partial charge in [-0.25, -0.2) is 0 Å². The van der Waals surface area contributed by atoms with Gasteiger partial charge in [-0.2, -0.15) is 0 Å². The molecule has 9 aromatic rings. The predicted molar refractivity (Wildman–Crippen MR) is 329 cm³/mol. The van der Waals surface area contributed by atoms with Crippen molar-refractivity contribution in [3.05, 3.63) is 202 Å². The van der Waals surface area contributed by atoms with Crippen molar-refractivity contribution < 1.29 is 9.47 Å². The SMILES string of the molecule is CCCCc1ccc(N2c3ccc(C)cc3B3c4cc5c(cc4Oc4cc(-c6cc(C)ccc6C)cc2c43)Oc2cc(-c3cc(C)ccc3C)cc3c2B5c2cc(CCCC)ccc2N3c2ccc(CCCC)cc2)cc1. The summed E-state index contributed by atoms with van der Waals surface area (Å²) in [4.78, 5) is 5.04. The van der Waals surface area contributed by atoms with Crippen LogP contribution in [0.15, 0.2) is 158 Å². The first-order chi connectivity index (χ1) is 37.6. The minimum atomic E-state index is -0.0918. The van der Waals surface area contributed by atoms with Crippen molar-refractivity contribution in [2.24, 2.45) is 0 Å². The maximum Gasteiger partial charge on any atom is 0.256 e. The molecule has 0 N–H and O–H groups in total. The zero-order chi connectivity index (χ0) is 52.6. The average molecular weight is 1000 g/mol. The van der Waals surface area contributed by atoms with Gasteiger partial charge in [0, 0.05) is 40.2 Å². The summed E-state index contributed by atoms with van der Waals surface area (Å²) in [6.45, 7) is 17.7. The molecule has 0 fully saturated rings. The molecule has 0 amide bonds. The van der Waals surface area contributed by atoms with Crippen LogP contribution in [0.4, 0.5) is 34.1 Å². The van der Waals surface area contributed by atoms with Crippen LogP contribution < -0.4 is 52.1 Å². The number of rotatable bonds is 13. The lowest BCUT2D eigenvalue weighted by atomic mass is 9.31. The van der Waals surface area contributed by atoms with Crippen molar-refractivity contribution in [2.45, 2.75) is 113 Å². The fourth-order valence-corrected chi connectivity index (χ4v) is 13.1. The predicted octanol–water partition coefficient (Wildman–Crippen LogP) is 15.4. The largest absolute Gasteiger partial charge is 0.458 e. The van der Waals surface area contributed by atoms with Gasteiger partial charge in [-0.1, -0.05) is 148 Å². The molecule has 4 heterocycles. The Bertz CT molecular complexity index is 3800. The summed E-state index contributed by atoms with van der Waals surface area (Å²) in [7, 11) is 0. The van der Waals surface area contributed by atoms with E-state index in [1.54, 1.807) is 0 Å². The van der Waals surface area contributed by atoms with Gasteiger partial charge in [0.25, 0.3) is 13.4 Å². The van der Waals surface area contributed by atoms with Crippen molar-refractivity contribution in [1.29, 1.82) is 0 Å². The number of fused-ring (bicyclic) bond motifs is 8. The topological polar surface area (TPSA) is 24.9 Å². The molecule has 0 spiro atoms. The van der Waals surface area contributed by atoms with Crippen molar-refractivity contribution >= 4 is 80.3 Å². The Morgan fingerprint density at radius 2 is 0.766 bits per heavy atom. The van der Waals surface area contributed by atoms with E-state index in [1.165, 1.54) is 131 Å². The second-order valence-corrected chi connectivity index (χ2v) is 22.7. The number of hydrogen-bond acceptors (Lipinski definition) is 4. The summed E-state index contributed by atoms with van der Waals surface area (Å²) in [6.07, 6.45) is 10.2. The molecule has 0 atom stereocenters. The van der Waals surface area contributed by atoms with Crippen molar-refractivity contribution in [3.63, 3.8) is 0 Å². The van der Waals surface area contributed by atoms with Crippen LogP contribution >= 0.6 is 0 Å². The quantitative estimate of drug-likeness (QED) is 0.107. The van der Waals surface area contributed by atoms with Gasteiger partial charge in [0.15, 0.2) is 0 Å². The van der Waals surface area contributed by atoms with Crippen LogP contribution in [0.5, 0.6) is 23.0 Å². The lowest BCUT2D eigenvalue weighted by Crippen LogP contribution is -2.63. The van der Waals surface area contributed by atoms with E-state index < -0.39 is 0 Å². The molecule has 77 heavy (non-hydrogen) atoms. The lowest BCUT2D eigenvalue weighted by Gasteiger charge is -2.42. The molecule has 0 radical (unpaired) electrons. The lowest BCUT2D eigenvalue weighted by molar-refractivity contribution is 0.466. The third-order valence-electron chi connectivity index (χ3n) is 17.1. The van der Waals surface area contributed by atoms with Gasteiger partial charge in [-0.3, -0.25) is 0 Å². The van der Waals surface area contributed by atoms with E-state index in [0.29, 0.717) is 0 Å². The first-order valence-corrected chi connectivity index (χ1v) is 28.6. The van der Waals surface area contributed by atoms with Gasteiger partial charge >= 0.3 is 0 Å². The third kappa shape index (κ3) is 8.47. The summed E-state index contributed by atoms with van der Waals surface area (Å²) >= 11 is 0. The molecule has 13 rings (SSSR count). The number of unbranched alkanes of at least 4 members (excludes halogenated alkanes) is 3. The first-order valence-electron chi connectivity index (χ1n) is 28.6. The van der Waals surface area contributed by atoms with Gasteiger partial charge in [0.1, 0.15) is 23.0 Å². The summed E-state index contributed by atoms with van der Waals surface area (Å²) in [5.41, 5.74) is 29.5. The second-order valence-electron chi connectivity index (χ2n) is 22.7. The molecule has 380 valence electrons. The number of anilines is 6. The highest BCUT2D eigenvalue weighted by Crippen LogP contribution is 2.47. The molecular formula is C71H68B2N2O2. The zero-order valence-corrected chi connectivity index (χ0v) is 46.2. The van der Waals surface area contributed by atoms with Crippen LogP contribution in [0.2, 0.25) is 0 Å². The highest BCUT2D eigenvalue weighted by molar-refractivity contribution is 7.02. The molecule has 0 bridgehead atoms. The normalized spacial score (nSPS) is 13.2. The van der Waals surface area contributed by atoms with Gasteiger partial charge < -0.3 is 19.3 Å². The van der Waals surface area contributed by atoms with Gasteiger partial charge in [-0.15, -0.1) is 0 Å². The van der Waals surface area contributed by atoms with E-state index >= 15 is 0 Å². The Labute approximate surface area is 457 Å². The smallest absolute Gasteiger partial charge is 0.256 e. The zero-order valence-electron chi connectivity index (χ0n) is 46.2. The highest BCUT2D eigenvalue weighted by Gasteiger charge is 2.47. The fourth-order valence-electron chi connectivity index (χ4n) is 13.1. The van der Waals surface area contributed by atoms with E-state index in [0.717, 1.165) is 83.3 Å². The van der Waals surface area contributed by atoms with Crippen LogP contribution in [-0.2, 0) is 19.3 Å². The number of benzene rings is 9. The third-order valence-corrected chi connectivity index (χ3v) is 17.1. The minimum absolute atomic E-state index is 0.0887. The summed E-state index contributed by atoms with van der Waals surface area (Å²) in [6, 6.07) is 60.9. The number of hydrogen-bond donors (Lipinski definition) is 0. The van der Waals surface area contributed by atoms with Gasteiger partial charge in [-0.05, 0) is 217 Å². The van der Waals surface area contributed by atoms with Crippen molar-refractivity contribution in [1.82, 2.24) is 0 Å². The van der Waals surface area contributed by atoms with Crippen molar-refractivity contribution in [3.8, 4) is 45.3 Å². The van der Waals surface area contributed by atoms with E-state index in [2.05, 4.69) is 223 Å². The van der Waals surface area contributed by atoms with E-state index in [9.17, 15) is 0 Å². The molecule has 0 aliphatic carbocycles. The van der Waals surface area contributed by atoms with Gasteiger partial charge in [0.05, 0.1) is 0 Å². The highest BCUT2D eigenvalue weighted by atomic mass is 16.5. The van der Waals surface area contributed by atoms with E-state index in [4.69, 9.17) is 9.47 Å². The molecule has 4 aliphatic rings. The molecule has 0 aromatic heterocycles. The average Bonchev–Trinajstić information content (AvgIpc) is 3.51. The summed E-state index contributed by atoms with van der Waals surface area (Å²) in [5, 5.41) is 0. The number of ether oxygens (including phenoxy) is 2. The molecule has 0 saturated heterocycles. The Morgan fingerprint density at radius 1 is 0.351 bits per heavy atom. The molecule has 0 unspecified atom stereocenters. The summed E-state index contributed by atoms with van der Waals surface area (Å²) in [5.74, 6) is 3.49. The number of nitrogens with zero attached hydrogens (tertiary/aromatic N) is 2. The summed E-state index contributed by atoms with van der Waals surface area (Å²) < 4.78 is 14.9. The Balaban J connectivity index is 1.05. The molecule has 4 aliphatic heterocycles. The van der Waals surface area contributed by atoms with Gasteiger partial charge in [0.2, 0.25) is 0 Å². The molecular weight excluding hydrogens is 934 g/mol. The molecule has 6 heteroatoms. The second kappa shape index (κ2) is 19.7. The van der Waals surface area contributed by atoms with Crippen molar-refractivity contribution in [2.75, 3.05) is 9.80 Å². The van der Waals surface area contributed by atoms with Crippen LogP contribution in [0.25, 0.3) is 22.3 Å². The van der Waals surface area contributed by atoms with E-state index in [1.807, 2.05) is 0 Å². The first kappa shape index (κ1) is 48.9. The maximum absolute atomic E-state index is 7.48. The van der Waals surface area contributed by atoms with E-state index in [-0.39, 0.29) is 13.4 Å². The monoisotopic (exact) mass is 1000 g/mol. The molecule has 4 nitrogen and oxygen atoms in total. The molecule has 0 saturated carbocycles.